The van der Waals surface area contributed by atoms with Crippen molar-refractivity contribution in [1.82, 2.24) is 4.90 Å². The minimum atomic E-state index is -0.451. The van der Waals surface area contributed by atoms with Crippen molar-refractivity contribution in [3.63, 3.8) is 0 Å². The van der Waals surface area contributed by atoms with Crippen LogP contribution < -0.4 is 4.90 Å². The van der Waals surface area contributed by atoms with E-state index in [9.17, 15) is 9.59 Å². The Morgan fingerprint density at radius 3 is 2.35 bits per heavy atom. The maximum absolute atomic E-state index is 13.1. The lowest BCUT2D eigenvalue weighted by Gasteiger charge is -2.25. The second-order valence-corrected chi connectivity index (χ2v) is 7.11. The quantitative estimate of drug-likeness (QED) is 0.614. The molecule has 0 saturated heterocycles. The van der Waals surface area contributed by atoms with Gasteiger partial charge in [0.2, 0.25) is 0 Å². The molecule has 0 aromatic heterocycles. The van der Waals surface area contributed by atoms with Crippen molar-refractivity contribution in [2.75, 3.05) is 26.1 Å². The Bertz CT molecular complexity index is 769. The van der Waals surface area contributed by atoms with E-state index in [4.69, 9.17) is 4.74 Å². The molecule has 0 atom stereocenters. The van der Waals surface area contributed by atoms with Crippen LogP contribution in [0, 0.1) is 0 Å². The largest absolute Gasteiger partial charge is 0.465 e. The third kappa shape index (κ3) is 3.26. The summed E-state index contributed by atoms with van der Waals surface area (Å²) in [6.45, 7) is 1.85. The summed E-state index contributed by atoms with van der Waals surface area (Å²) in [6, 6.07) is 8.09. The second kappa shape index (κ2) is 7.36. The molecule has 138 valence electrons. The smallest absolute Gasteiger partial charge is 0.340 e. The highest BCUT2D eigenvalue weighted by atomic mass is 16.5. The van der Waals surface area contributed by atoms with Crippen LogP contribution in [0.4, 0.5) is 5.69 Å². The molecule has 0 radical (unpaired) electrons. The second-order valence-electron chi connectivity index (χ2n) is 7.11. The molecule has 26 heavy (non-hydrogen) atoms. The van der Waals surface area contributed by atoms with Crippen LogP contribution in [0.15, 0.2) is 41.1 Å². The van der Waals surface area contributed by atoms with Gasteiger partial charge in [-0.1, -0.05) is 25.0 Å². The molecule has 0 spiro atoms. The van der Waals surface area contributed by atoms with E-state index in [0.29, 0.717) is 16.8 Å². The van der Waals surface area contributed by atoms with Crippen LogP contribution in [0.25, 0.3) is 6.08 Å². The van der Waals surface area contributed by atoms with Gasteiger partial charge in [-0.3, -0.25) is 4.79 Å². The zero-order chi connectivity index (χ0) is 18.8. The van der Waals surface area contributed by atoms with Gasteiger partial charge in [-0.2, -0.15) is 0 Å². The summed E-state index contributed by atoms with van der Waals surface area (Å²) in [5.41, 5.74) is 3.50. The van der Waals surface area contributed by atoms with E-state index < -0.39 is 5.97 Å². The summed E-state index contributed by atoms with van der Waals surface area (Å²) in [7, 11) is 5.32. The Hall–Kier alpha value is -2.56. The lowest BCUT2D eigenvalue weighted by atomic mass is 10.0. The zero-order valence-electron chi connectivity index (χ0n) is 15.9. The lowest BCUT2D eigenvalue weighted by molar-refractivity contribution is -0.136. The summed E-state index contributed by atoms with van der Waals surface area (Å²) in [4.78, 5) is 29.3. The molecular formula is C21H26N2O3. The summed E-state index contributed by atoms with van der Waals surface area (Å²) < 4.78 is 4.96. The minimum absolute atomic E-state index is 0.0912. The molecule has 1 amide bonds. The van der Waals surface area contributed by atoms with Gasteiger partial charge in [0, 0.05) is 31.5 Å². The first-order chi connectivity index (χ1) is 12.4. The molecule has 0 unspecified atom stereocenters. The van der Waals surface area contributed by atoms with Gasteiger partial charge < -0.3 is 14.5 Å². The van der Waals surface area contributed by atoms with Crippen LogP contribution in [0.1, 0.15) is 38.2 Å². The van der Waals surface area contributed by atoms with Gasteiger partial charge in [0.15, 0.2) is 0 Å². The minimum Gasteiger partial charge on any atom is -0.465 e. The fourth-order valence-electron chi connectivity index (χ4n) is 3.84. The Labute approximate surface area is 154 Å². The molecule has 5 nitrogen and oxygen atoms in total. The van der Waals surface area contributed by atoms with Gasteiger partial charge in [-0.15, -0.1) is 0 Å². The van der Waals surface area contributed by atoms with Crippen molar-refractivity contribution in [3.8, 4) is 0 Å². The van der Waals surface area contributed by atoms with E-state index in [2.05, 4.69) is 0 Å². The fourth-order valence-corrected chi connectivity index (χ4v) is 3.84. The third-order valence-electron chi connectivity index (χ3n) is 5.24. The molecule has 1 fully saturated rings. The average Bonchev–Trinajstić information content (AvgIpc) is 3.22. The summed E-state index contributed by atoms with van der Waals surface area (Å²) in [6.07, 6.45) is 6.03. The maximum atomic E-state index is 13.1. The standard InChI is InChI=1S/C21H26N2O3/c1-14-19(21(25)26-4)18(20(24)23(14)17-7-5-6-8-17)13-15-9-11-16(12-10-15)22(2)3/h9-13,17H,5-8H2,1-4H3. The number of anilines is 1. The Kier molecular flexibility index (Phi) is 5.16. The molecule has 1 aromatic rings. The average molecular weight is 354 g/mol. The molecule has 1 aromatic carbocycles. The molecule has 1 heterocycles. The van der Waals surface area contributed by atoms with Crippen LogP contribution in [0.3, 0.4) is 0 Å². The van der Waals surface area contributed by atoms with Gasteiger partial charge in [-0.05, 0) is 43.5 Å². The number of nitrogens with zero attached hydrogens (tertiary/aromatic N) is 2. The first-order valence-corrected chi connectivity index (χ1v) is 9.06. The summed E-state index contributed by atoms with van der Waals surface area (Å²) in [5, 5.41) is 0. The van der Waals surface area contributed by atoms with Gasteiger partial charge in [0.25, 0.3) is 5.91 Å². The van der Waals surface area contributed by atoms with Gasteiger partial charge >= 0.3 is 5.97 Å². The third-order valence-corrected chi connectivity index (χ3v) is 5.24. The van der Waals surface area contributed by atoms with Gasteiger partial charge in [0.1, 0.15) is 0 Å². The van der Waals surface area contributed by atoms with Crippen LogP contribution in [0.2, 0.25) is 0 Å². The number of esters is 1. The Morgan fingerprint density at radius 2 is 1.81 bits per heavy atom. The van der Waals surface area contributed by atoms with Crippen molar-refractivity contribution in [2.45, 2.75) is 38.6 Å². The number of hydrogen-bond donors (Lipinski definition) is 0. The molecule has 0 N–H and O–H groups in total. The zero-order valence-corrected chi connectivity index (χ0v) is 15.9. The van der Waals surface area contributed by atoms with E-state index in [1.165, 1.54) is 7.11 Å². The number of amides is 1. The predicted octanol–water partition coefficient (Wildman–Crippen LogP) is 3.37. The van der Waals surface area contributed by atoms with Crippen molar-refractivity contribution in [2.24, 2.45) is 0 Å². The van der Waals surface area contributed by atoms with Crippen LogP contribution in [-0.4, -0.2) is 44.0 Å². The van der Waals surface area contributed by atoms with Gasteiger partial charge in [-0.25, -0.2) is 4.79 Å². The summed E-state index contributed by atoms with van der Waals surface area (Å²) in [5.74, 6) is -0.543. The number of rotatable bonds is 4. The number of ether oxygens (including phenoxy) is 1. The van der Waals surface area contributed by atoms with Gasteiger partial charge in [0.05, 0.1) is 18.3 Å². The van der Waals surface area contributed by atoms with Crippen LogP contribution in [-0.2, 0) is 14.3 Å². The normalized spacial score (nSPS) is 19.6. The molecule has 1 aliphatic carbocycles. The predicted molar refractivity (Wildman–Crippen MR) is 103 cm³/mol. The molecule has 1 aliphatic heterocycles. The molecule has 1 saturated carbocycles. The van der Waals surface area contributed by atoms with Crippen molar-refractivity contribution in [1.29, 1.82) is 0 Å². The van der Waals surface area contributed by atoms with Crippen molar-refractivity contribution >= 4 is 23.6 Å². The fraction of sp³-hybridized carbons (Fsp3) is 0.429. The van der Waals surface area contributed by atoms with E-state index in [-0.39, 0.29) is 11.9 Å². The monoisotopic (exact) mass is 354 g/mol. The van der Waals surface area contributed by atoms with Crippen molar-refractivity contribution < 1.29 is 14.3 Å². The SMILES string of the molecule is COC(=O)C1=C(C)N(C2CCCC2)C(=O)C1=Cc1ccc(N(C)C)cc1. The number of allylic oxidation sites excluding steroid dienone is 1. The first-order valence-electron chi connectivity index (χ1n) is 9.06. The summed E-state index contributed by atoms with van der Waals surface area (Å²) >= 11 is 0. The highest BCUT2D eigenvalue weighted by molar-refractivity contribution is 6.16. The Morgan fingerprint density at radius 1 is 1.19 bits per heavy atom. The van der Waals surface area contributed by atoms with E-state index in [1.807, 2.05) is 50.2 Å². The first kappa shape index (κ1) is 18.2. The highest BCUT2D eigenvalue weighted by Gasteiger charge is 2.40. The van der Waals surface area contributed by atoms with E-state index in [0.717, 1.165) is 36.9 Å². The van der Waals surface area contributed by atoms with E-state index in [1.54, 1.807) is 11.0 Å². The molecule has 3 rings (SSSR count). The Balaban J connectivity index is 2.00. The van der Waals surface area contributed by atoms with Crippen LogP contribution in [0.5, 0.6) is 0 Å². The van der Waals surface area contributed by atoms with E-state index >= 15 is 0 Å². The number of carbonyl (C=O) groups excluding carboxylic acids is 2. The number of hydrogen-bond acceptors (Lipinski definition) is 4. The molecule has 5 heteroatoms. The molecule has 0 bridgehead atoms. The number of methoxy groups -OCH3 is 1. The van der Waals surface area contributed by atoms with Crippen LogP contribution >= 0.6 is 0 Å². The molecule has 2 aliphatic rings. The number of benzene rings is 1. The molecular weight excluding hydrogens is 328 g/mol. The number of carbonyl (C=O) groups is 2. The highest BCUT2D eigenvalue weighted by Crippen LogP contribution is 2.37. The van der Waals surface area contributed by atoms with Crippen molar-refractivity contribution in [3.05, 3.63) is 46.7 Å². The maximum Gasteiger partial charge on any atom is 0.340 e. The lowest BCUT2D eigenvalue weighted by Crippen LogP contribution is -2.34. The topological polar surface area (TPSA) is 49.9 Å².